The van der Waals surface area contributed by atoms with Crippen LogP contribution in [-0.4, -0.2) is 37.7 Å². The van der Waals surface area contributed by atoms with E-state index in [2.05, 4.69) is 40.3 Å². The molecule has 1 aromatic carbocycles. The number of anilines is 1. The molecule has 2 aliphatic rings. The fourth-order valence-electron chi connectivity index (χ4n) is 2.73. The van der Waals surface area contributed by atoms with E-state index in [1.807, 2.05) is 6.07 Å². The normalized spacial score (nSPS) is 24.9. The van der Waals surface area contributed by atoms with Gasteiger partial charge in [-0.25, -0.2) is 0 Å². The molecule has 3 rings (SSSR count). The summed E-state index contributed by atoms with van der Waals surface area (Å²) in [5.74, 6) is 0.0873. The molecule has 5 nitrogen and oxygen atoms in total. The minimum Gasteiger partial charge on any atom is -0.373 e. The Morgan fingerprint density at radius 3 is 3.11 bits per heavy atom. The first-order valence-electron chi connectivity index (χ1n) is 6.81. The summed E-state index contributed by atoms with van der Waals surface area (Å²) in [6.45, 7) is 4.49. The highest BCUT2D eigenvalue weighted by atomic mass is 16.2. The van der Waals surface area contributed by atoms with Crippen LogP contribution in [0.25, 0.3) is 0 Å². The van der Waals surface area contributed by atoms with Crippen LogP contribution in [0.1, 0.15) is 11.1 Å². The molecule has 0 aliphatic carbocycles. The summed E-state index contributed by atoms with van der Waals surface area (Å²) >= 11 is 0. The van der Waals surface area contributed by atoms with E-state index in [0.29, 0.717) is 12.6 Å². The van der Waals surface area contributed by atoms with E-state index in [1.165, 1.54) is 11.1 Å². The zero-order chi connectivity index (χ0) is 13.2. The first-order valence-corrected chi connectivity index (χ1v) is 6.81. The van der Waals surface area contributed by atoms with Gasteiger partial charge in [0.1, 0.15) is 6.04 Å². The van der Waals surface area contributed by atoms with Gasteiger partial charge >= 0.3 is 0 Å². The molecular weight excluding hydrogens is 240 g/mol. The maximum absolute atomic E-state index is 12.2. The van der Waals surface area contributed by atoms with E-state index in [9.17, 15) is 4.79 Å². The van der Waals surface area contributed by atoms with Gasteiger partial charge in [-0.05, 0) is 18.1 Å². The molecule has 0 aromatic heterocycles. The Hall–Kier alpha value is -1.59. The minimum atomic E-state index is -0.134. The van der Waals surface area contributed by atoms with Crippen molar-refractivity contribution < 1.29 is 4.79 Å². The molecule has 0 bridgehead atoms. The van der Waals surface area contributed by atoms with E-state index in [-0.39, 0.29) is 11.9 Å². The van der Waals surface area contributed by atoms with Crippen molar-refractivity contribution in [2.45, 2.75) is 25.4 Å². The predicted molar refractivity (Wildman–Crippen MR) is 75.1 cm³/mol. The molecule has 1 aromatic rings. The highest BCUT2D eigenvalue weighted by Gasteiger charge is 2.27. The Labute approximate surface area is 113 Å². The average Bonchev–Trinajstić information content (AvgIpc) is 3.05. The van der Waals surface area contributed by atoms with Crippen molar-refractivity contribution in [3.8, 4) is 0 Å². The topological polar surface area (TPSA) is 65.2 Å². The van der Waals surface area contributed by atoms with Gasteiger partial charge in [-0.1, -0.05) is 18.2 Å². The first-order chi connectivity index (χ1) is 9.24. The van der Waals surface area contributed by atoms with Crippen molar-refractivity contribution in [3.63, 3.8) is 0 Å². The van der Waals surface area contributed by atoms with Crippen LogP contribution < -0.4 is 21.3 Å². The van der Waals surface area contributed by atoms with Gasteiger partial charge in [0.25, 0.3) is 0 Å². The number of carbonyl (C=O) groups is 1. The molecular formula is C14H20N4O. The van der Waals surface area contributed by atoms with Crippen molar-refractivity contribution in [2.24, 2.45) is 0 Å². The summed E-state index contributed by atoms with van der Waals surface area (Å²) in [6, 6.07) is 6.41. The molecule has 2 atom stereocenters. The van der Waals surface area contributed by atoms with Crippen LogP contribution in [0, 0.1) is 6.92 Å². The summed E-state index contributed by atoms with van der Waals surface area (Å²) in [5.41, 5.74) is 3.57. The Kier molecular flexibility index (Phi) is 3.40. The van der Waals surface area contributed by atoms with Gasteiger partial charge in [-0.3, -0.25) is 10.1 Å². The highest BCUT2D eigenvalue weighted by Crippen LogP contribution is 2.28. The third-order valence-corrected chi connectivity index (χ3v) is 3.85. The standard InChI is InChI=1S/C14H20N4O/c1-9-3-2-4-10-5-12(18-13(9)10)14(19)16-7-11-6-15-8-17-11/h2-4,11-12,15,17-18H,5-8H2,1H3,(H,16,19). The van der Waals surface area contributed by atoms with Crippen molar-refractivity contribution in [2.75, 3.05) is 25.1 Å². The third kappa shape index (κ3) is 2.57. The lowest BCUT2D eigenvalue weighted by atomic mass is 10.1. The van der Waals surface area contributed by atoms with E-state index >= 15 is 0 Å². The second kappa shape index (κ2) is 5.19. The number of amides is 1. The monoisotopic (exact) mass is 260 g/mol. The summed E-state index contributed by atoms with van der Waals surface area (Å²) in [4.78, 5) is 12.2. The molecule has 5 heteroatoms. The van der Waals surface area contributed by atoms with Crippen molar-refractivity contribution >= 4 is 11.6 Å². The molecule has 0 saturated carbocycles. The van der Waals surface area contributed by atoms with E-state index in [1.54, 1.807) is 0 Å². The third-order valence-electron chi connectivity index (χ3n) is 3.85. The fraction of sp³-hybridized carbons (Fsp3) is 0.500. The summed E-state index contributed by atoms with van der Waals surface area (Å²) in [5, 5.41) is 12.8. The van der Waals surface area contributed by atoms with Gasteiger partial charge in [0, 0.05) is 37.9 Å². The van der Waals surface area contributed by atoms with E-state index < -0.39 is 0 Å². The maximum Gasteiger partial charge on any atom is 0.242 e. The molecule has 1 saturated heterocycles. The fourth-order valence-corrected chi connectivity index (χ4v) is 2.73. The Bertz CT molecular complexity index is 482. The Morgan fingerprint density at radius 1 is 1.47 bits per heavy atom. The maximum atomic E-state index is 12.2. The van der Waals surface area contributed by atoms with Gasteiger partial charge in [0.2, 0.25) is 5.91 Å². The van der Waals surface area contributed by atoms with Crippen LogP contribution in [-0.2, 0) is 11.2 Å². The smallest absolute Gasteiger partial charge is 0.242 e. The van der Waals surface area contributed by atoms with Crippen LogP contribution in [0.5, 0.6) is 0 Å². The summed E-state index contributed by atoms with van der Waals surface area (Å²) in [6.07, 6.45) is 0.777. The zero-order valence-corrected chi connectivity index (χ0v) is 11.1. The molecule has 0 radical (unpaired) electrons. The second-order valence-corrected chi connectivity index (χ2v) is 5.29. The van der Waals surface area contributed by atoms with E-state index in [0.717, 1.165) is 25.3 Å². The minimum absolute atomic E-state index is 0.0873. The Balaban J connectivity index is 1.56. The number of aryl methyl sites for hydroxylation is 1. The number of carbonyl (C=O) groups excluding carboxylic acids is 1. The van der Waals surface area contributed by atoms with Gasteiger partial charge in [0.05, 0.1) is 0 Å². The number of nitrogens with one attached hydrogen (secondary N) is 4. The van der Waals surface area contributed by atoms with Crippen LogP contribution in [0.15, 0.2) is 18.2 Å². The highest BCUT2D eigenvalue weighted by molar-refractivity contribution is 5.87. The molecule has 1 amide bonds. The Morgan fingerprint density at radius 2 is 2.37 bits per heavy atom. The number of rotatable bonds is 3. The van der Waals surface area contributed by atoms with Crippen LogP contribution in [0.4, 0.5) is 5.69 Å². The quantitative estimate of drug-likeness (QED) is 0.616. The molecule has 19 heavy (non-hydrogen) atoms. The lowest BCUT2D eigenvalue weighted by Gasteiger charge is -2.15. The van der Waals surface area contributed by atoms with Crippen molar-refractivity contribution in [1.82, 2.24) is 16.0 Å². The van der Waals surface area contributed by atoms with Crippen LogP contribution >= 0.6 is 0 Å². The molecule has 4 N–H and O–H groups in total. The molecule has 2 aliphatic heterocycles. The number of benzene rings is 1. The number of hydrogen-bond acceptors (Lipinski definition) is 4. The SMILES string of the molecule is Cc1cccc2c1NC(C(=O)NCC1CNCN1)C2. The molecule has 0 spiro atoms. The molecule has 102 valence electrons. The average molecular weight is 260 g/mol. The van der Waals surface area contributed by atoms with Crippen molar-refractivity contribution in [3.05, 3.63) is 29.3 Å². The molecule has 1 fully saturated rings. The van der Waals surface area contributed by atoms with Gasteiger partial charge in [-0.2, -0.15) is 0 Å². The first kappa shape index (κ1) is 12.4. The number of para-hydroxylation sites is 1. The number of fused-ring (bicyclic) bond motifs is 1. The van der Waals surface area contributed by atoms with Gasteiger partial charge < -0.3 is 16.0 Å². The molecule has 2 unspecified atom stereocenters. The predicted octanol–water partition coefficient (Wildman–Crippen LogP) is -0.0333. The molecule has 2 heterocycles. The second-order valence-electron chi connectivity index (χ2n) is 5.29. The largest absolute Gasteiger partial charge is 0.373 e. The van der Waals surface area contributed by atoms with Crippen molar-refractivity contribution in [1.29, 1.82) is 0 Å². The lowest BCUT2D eigenvalue weighted by Crippen LogP contribution is -2.44. The lowest BCUT2D eigenvalue weighted by molar-refractivity contribution is -0.121. The summed E-state index contributed by atoms with van der Waals surface area (Å²) in [7, 11) is 0. The van der Waals surface area contributed by atoms with Crippen LogP contribution in [0.2, 0.25) is 0 Å². The summed E-state index contributed by atoms with van der Waals surface area (Å²) < 4.78 is 0. The van der Waals surface area contributed by atoms with E-state index in [4.69, 9.17) is 0 Å². The van der Waals surface area contributed by atoms with Gasteiger partial charge in [-0.15, -0.1) is 0 Å². The van der Waals surface area contributed by atoms with Crippen LogP contribution in [0.3, 0.4) is 0 Å². The zero-order valence-electron chi connectivity index (χ0n) is 11.1. The van der Waals surface area contributed by atoms with Gasteiger partial charge in [0.15, 0.2) is 0 Å². The number of hydrogen-bond donors (Lipinski definition) is 4.